The fourth-order valence-electron chi connectivity index (χ4n) is 0.949. The summed E-state index contributed by atoms with van der Waals surface area (Å²) < 4.78 is 33.9. The largest absolute Gasteiger partial charge is 0.480 e. The molecule has 0 radical (unpaired) electrons. The van der Waals surface area contributed by atoms with E-state index in [2.05, 4.69) is 0 Å². The number of ether oxygens (including phenoxy) is 2. The first-order valence-electron chi connectivity index (χ1n) is 5.08. The molecule has 0 aromatic heterocycles. The molecule has 0 aromatic carbocycles. The molecule has 0 heterocycles. The molecule has 0 aliphatic heterocycles. The molecule has 1 atom stereocenters. The van der Waals surface area contributed by atoms with E-state index >= 15 is 0 Å². The molecule has 7 nitrogen and oxygen atoms in total. The van der Waals surface area contributed by atoms with Gasteiger partial charge in [-0.05, 0) is 6.92 Å². The van der Waals surface area contributed by atoms with Crippen molar-refractivity contribution in [2.24, 2.45) is 0 Å². The average molecular weight is 269 g/mol. The zero-order chi connectivity index (χ0) is 13.5. The molecule has 0 bridgehead atoms. The Morgan fingerprint density at radius 2 is 1.94 bits per heavy atom. The normalized spacial score (nSPS) is 13.9. The zero-order valence-corrected chi connectivity index (χ0v) is 11.1. The number of hydrogen-bond acceptors (Lipinski definition) is 5. The maximum atomic E-state index is 11.7. The van der Waals surface area contributed by atoms with E-state index in [1.807, 2.05) is 0 Å². The topological polar surface area (TPSA) is 93.1 Å². The van der Waals surface area contributed by atoms with Crippen LogP contribution in [-0.4, -0.2) is 69.6 Å². The SMILES string of the molecule is COCCOCCS(=O)(=O)N(C)C(C)C(=O)O. The van der Waals surface area contributed by atoms with E-state index in [1.54, 1.807) is 0 Å². The molecule has 0 aliphatic carbocycles. The van der Waals surface area contributed by atoms with Crippen molar-refractivity contribution < 1.29 is 27.8 Å². The molecule has 0 aromatic rings. The van der Waals surface area contributed by atoms with Crippen LogP contribution in [0.3, 0.4) is 0 Å². The lowest BCUT2D eigenvalue weighted by atomic mass is 10.4. The Bertz CT molecular complexity index is 328. The van der Waals surface area contributed by atoms with E-state index < -0.39 is 22.0 Å². The Morgan fingerprint density at radius 3 is 2.41 bits per heavy atom. The van der Waals surface area contributed by atoms with Gasteiger partial charge >= 0.3 is 5.97 Å². The summed E-state index contributed by atoms with van der Waals surface area (Å²) in [5, 5.41) is 8.70. The van der Waals surface area contributed by atoms with Crippen LogP contribution in [0, 0.1) is 0 Å². The van der Waals surface area contributed by atoms with Crippen molar-refractivity contribution in [3.05, 3.63) is 0 Å². The highest BCUT2D eigenvalue weighted by Gasteiger charge is 2.27. The van der Waals surface area contributed by atoms with Gasteiger partial charge in [0.15, 0.2) is 0 Å². The van der Waals surface area contributed by atoms with E-state index in [0.717, 1.165) is 4.31 Å². The Balaban J connectivity index is 4.15. The van der Waals surface area contributed by atoms with Gasteiger partial charge in [0.2, 0.25) is 10.0 Å². The predicted molar refractivity (Wildman–Crippen MR) is 61.3 cm³/mol. The summed E-state index contributed by atoms with van der Waals surface area (Å²) in [5.41, 5.74) is 0. The summed E-state index contributed by atoms with van der Waals surface area (Å²) in [4.78, 5) is 10.6. The average Bonchev–Trinajstić information content (AvgIpc) is 2.26. The number of carbonyl (C=O) groups is 1. The minimum atomic E-state index is -3.61. The Hall–Kier alpha value is -0.700. The summed E-state index contributed by atoms with van der Waals surface area (Å²) in [7, 11) is -0.849. The lowest BCUT2D eigenvalue weighted by Gasteiger charge is -2.20. The lowest BCUT2D eigenvalue weighted by molar-refractivity contribution is -0.140. The first kappa shape index (κ1) is 16.3. The van der Waals surface area contributed by atoms with Crippen LogP contribution in [0.25, 0.3) is 0 Å². The number of rotatable bonds is 9. The summed E-state index contributed by atoms with van der Waals surface area (Å²) in [6, 6.07) is -1.08. The maximum Gasteiger partial charge on any atom is 0.321 e. The van der Waals surface area contributed by atoms with Gasteiger partial charge in [-0.1, -0.05) is 0 Å². The quantitative estimate of drug-likeness (QED) is 0.561. The van der Waals surface area contributed by atoms with Crippen LogP contribution in [0.1, 0.15) is 6.92 Å². The van der Waals surface area contributed by atoms with Crippen LogP contribution < -0.4 is 0 Å². The van der Waals surface area contributed by atoms with Crippen molar-refractivity contribution in [1.82, 2.24) is 4.31 Å². The van der Waals surface area contributed by atoms with E-state index in [9.17, 15) is 13.2 Å². The third-order valence-electron chi connectivity index (χ3n) is 2.26. The van der Waals surface area contributed by atoms with Crippen molar-refractivity contribution in [3.63, 3.8) is 0 Å². The van der Waals surface area contributed by atoms with Gasteiger partial charge in [0.25, 0.3) is 0 Å². The van der Waals surface area contributed by atoms with Gasteiger partial charge in [-0.15, -0.1) is 0 Å². The van der Waals surface area contributed by atoms with Crippen LogP contribution in [-0.2, 0) is 24.3 Å². The number of sulfonamides is 1. The molecular formula is C9H19NO6S. The molecular weight excluding hydrogens is 250 g/mol. The van der Waals surface area contributed by atoms with Gasteiger partial charge in [0, 0.05) is 14.2 Å². The van der Waals surface area contributed by atoms with Crippen LogP contribution in [0.15, 0.2) is 0 Å². The highest BCUT2D eigenvalue weighted by molar-refractivity contribution is 7.89. The maximum absolute atomic E-state index is 11.7. The van der Waals surface area contributed by atoms with Crippen molar-refractivity contribution in [3.8, 4) is 0 Å². The lowest BCUT2D eigenvalue weighted by Crippen LogP contribution is -2.42. The first-order chi connectivity index (χ1) is 7.83. The molecule has 0 aliphatic rings. The number of methoxy groups -OCH3 is 1. The van der Waals surface area contributed by atoms with Crippen molar-refractivity contribution in [2.75, 3.05) is 39.7 Å². The molecule has 8 heteroatoms. The Morgan fingerprint density at radius 1 is 1.35 bits per heavy atom. The fraction of sp³-hybridized carbons (Fsp3) is 0.889. The molecule has 1 N–H and O–H groups in total. The van der Waals surface area contributed by atoms with Crippen LogP contribution in [0.5, 0.6) is 0 Å². The second-order valence-corrected chi connectivity index (χ2v) is 5.60. The number of carboxylic acid groups (broad SMARTS) is 1. The molecule has 0 saturated heterocycles. The molecule has 0 saturated carbocycles. The van der Waals surface area contributed by atoms with Gasteiger partial charge in [0.05, 0.1) is 25.6 Å². The van der Waals surface area contributed by atoms with E-state index in [4.69, 9.17) is 14.6 Å². The Labute approximate surface area is 101 Å². The molecule has 17 heavy (non-hydrogen) atoms. The van der Waals surface area contributed by atoms with Crippen LogP contribution in [0.2, 0.25) is 0 Å². The number of aliphatic carboxylic acids is 1. The molecule has 0 spiro atoms. The molecule has 0 fully saturated rings. The van der Waals surface area contributed by atoms with E-state index in [-0.39, 0.29) is 12.4 Å². The standard InChI is InChI=1S/C9H19NO6S/c1-8(9(11)12)10(2)17(13,14)7-6-16-5-4-15-3/h8H,4-7H2,1-3H3,(H,11,12). The monoisotopic (exact) mass is 269 g/mol. The second kappa shape index (κ2) is 7.59. The van der Waals surface area contributed by atoms with Gasteiger partial charge in [-0.25, -0.2) is 8.42 Å². The smallest absolute Gasteiger partial charge is 0.321 e. The predicted octanol–water partition coefficient (Wildman–Crippen LogP) is -0.616. The first-order valence-corrected chi connectivity index (χ1v) is 6.69. The molecule has 1 unspecified atom stereocenters. The van der Waals surface area contributed by atoms with Gasteiger partial charge < -0.3 is 14.6 Å². The summed E-state index contributed by atoms with van der Waals surface area (Å²) >= 11 is 0. The van der Waals surface area contributed by atoms with Crippen molar-refractivity contribution in [1.29, 1.82) is 0 Å². The molecule has 0 amide bonds. The summed E-state index contributed by atoms with van der Waals surface area (Å²) in [6.07, 6.45) is 0. The highest BCUT2D eigenvalue weighted by Crippen LogP contribution is 2.04. The summed E-state index contributed by atoms with van der Waals surface area (Å²) in [6.45, 7) is 2.03. The van der Waals surface area contributed by atoms with Gasteiger partial charge in [0.1, 0.15) is 6.04 Å². The fourth-order valence-corrected chi connectivity index (χ4v) is 2.14. The van der Waals surface area contributed by atoms with Gasteiger partial charge in [-0.2, -0.15) is 4.31 Å². The molecule has 102 valence electrons. The highest BCUT2D eigenvalue weighted by atomic mass is 32.2. The van der Waals surface area contributed by atoms with Crippen molar-refractivity contribution >= 4 is 16.0 Å². The van der Waals surface area contributed by atoms with Crippen LogP contribution in [0.4, 0.5) is 0 Å². The number of nitrogens with zero attached hydrogens (tertiary/aromatic N) is 1. The minimum absolute atomic E-state index is 0.0162. The zero-order valence-electron chi connectivity index (χ0n) is 10.2. The second-order valence-electron chi connectivity index (χ2n) is 3.45. The number of carboxylic acids is 1. The summed E-state index contributed by atoms with van der Waals surface area (Å²) in [5.74, 6) is -1.43. The Kier molecular flexibility index (Phi) is 7.28. The van der Waals surface area contributed by atoms with Crippen LogP contribution >= 0.6 is 0 Å². The van der Waals surface area contributed by atoms with Gasteiger partial charge in [-0.3, -0.25) is 4.79 Å². The number of likely N-dealkylation sites (N-methyl/N-ethyl adjacent to an activating group) is 1. The van der Waals surface area contributed by atoms with E-state index in [0.29, 0.717) is 13.2 Å². The third kappa shape index (κ3) is 5.97. The molecule has 0 rings (SSSR count). The minimum Gasteiger partial charge on any atom is -0.480 e. The van der Waals surface area contributed by atoms with E-state index in [1.165, 1.54) is 21.1 Å². The third-order valence-corrected chi connectivity index (χ3v) is 4.14. The number of hydrogen-bond donors (Lipinski definition) is 1. The van der Waals surface area contributed by atoms with Crippen molar-refractivity contribution in [2.45, 2.75) is 13.0 Å².